The number of furan rings is 1. The van der Waals surface area contributed by atoms with Crippen molar-refractivity contribution in [2.45, 2.75) is 6.18 Å². The third-order valence-corrected chi connectivity index (χ3v) is 5.17. The van der Waals surface area contributed by atoms with Crippen LogP contribution < -0.4 is 5.32 Å². The van der Waals surface area contributed by atoms with E-state index in [1.54, 1.807) is 24.5 Å². The fourth-order valence-corrected chi connectivity index (χ4v) is 3.65. The van der Waals surface area contributed by atoms with E-state index in [1.807, 2.05) is 6.07 Å². The molecule has 5 rings (SSSR count). The van der Waals surface area contributed by atoms with Crippen LogP contribution >= 0.6 is 11.6 Å². The largest absolute Gasteiger partial charge is 0.435 e. The van der Waals surface area contributed by atoms with Crippen LogP contribution in [0.1, 0.15) is 15.9 Å². The fraction of sp³-hybridized carbons (Fsp3) is 0.0455. The number of hydrogen-bond acceptors (Lipinski definition) is 4. The van der Waals surface area contributed by atoms with Gasteiger partial charge in [0.15, 0.2) is 5.58 Å². The number of alkyl halides is 3. The van der Waals surface area contributed by atoms with Crippen molar-refractivity contribution < 1.29 is 22.4 Å². The predicted octanol–water partition coefficient (Wildman–Crippen LogP) is 6.45. The average molecular weight is 442 g/mol. The quantitative estimate of drug-likeness (QED) is 0.341. The highest BCUT2D eigenvalue weighted by Gasteiger charge is 2.31. The number of nitrogens with one attached hydrogen (secondary N) is 1. The third kappa shape index (κ3) is 3.34. The van der Waals surface area contributed by atoms with Crippen molar-refractivity contribution in [3.63, 3.8) is 0 Å². The second kappa shape index (κ2) is 6.95. The Bertz CT molecular complexity index is 1490. The Hall–Kier alpha value is -3.65. The van der Waals surface area contributed by atoms with E-state index in [4.69, 9.17) is 16.0 Å². The summed E-state index contributed by atoms with van der Waals surface area (Å²) in [6.07, 6.45) is -1.28. The normalized spacial score (nSPS) is 12.0. The number of amides is 1. The number of pyridine rings is 2. The Morgan fingerprint density at radius 2 is 1.94 bits per heavy atom. The SMILES string of the molecule is O=C(Nc1ccc(Cl)c2c1oc1nc3ccncc3cc12)c1cccc(C(F)(F)F)c1. The number of fused-ring (bicyclic) bond motifs is 4. The number of halogens is 4. The summed E-state index contributed by atoms with van der Waals surface area (Å²) in [6, 6.07) is 10.9. The van der Waals surface area contributed by atoms with E-state index in [1.165, 1.54) is 18.2 Å². The Kier molecular flexibility index (Phi) is 4.33. The van der Waals surface area contributed by atoms with Crippen molar-refractivity contribution in [1.29, 1.82) is 0 Å². The molecule has 0 bridgehead atoms. The molecule has 0 saturated heterocycles. The average Bonchev–Trinajstić information content (AvgIpc) is 3.13. The first-order valence-corrected chi connectivity index (χ1v) is 9.43. The lowest BCUT2D eigenvalue weighted by molar-refractivity contribution is -0.137. The molecule has 0 fully saturated rings. The van der Waals surface area contributed by atoms with Gasteiger partial charge >= 0.3 is 6.18 Å². The highest BCUT2D eigenvalue weighted by atomic mass is 35.5. The van der Waals surface area contributed by atoms with E-state index in [0.29, 0.717) is 27.0 Å². The molecule has 3 aromatic heterocycles. The van der Waals surface area contributed by atoms with Crippen LogP contribution in [0, 0.1) is 0 Å². The molecular formula is C22H11ClF3N3O2. The summed E-state index contributed by atoms with van der Waals surface area (Å²) in [5.74, 6) is -0.711. The molecule has 5 nitrogen and oxygen atoms in total. The predicted molar refractivity (Wildman–Crippen MR) is 111 cm³/mol. The summed E-state index contributed by atoms with van der Waals surface area (Å²) in [4.78, 5) is 21.2. The summed E-state index contributed by atoms with van der Waals surface area (Å²) in [6.45, 7) is 0. The van der Waals surface area contributed by atoms with E-state index in [-0.39, 0.29) is 16.8 Å². The smallest absolute Gasteiger partial charge is 0.416 e. The van der Waals surface area contributed by atoms with Gasteiger partial charge in [0.25, 0.3) is 5.91 Å². The monoisotopic (exact) mass is 441 g/mol. The van der Waals surface area contributed by atoms with E-state index in [0.717, 1.165) is 17.5 Å². The first-order valence-electron chi connectivity index (χ1n) is 9.05. The van der Waals surface area contributed by atoms with Gasteiger partial charge in [0.05, 0.1) is 32.6 Å². The van der Waals surface area contributed by atoms with Crippen LogP contribution in [0.25, 0.3) is 33.0 Å². The highest BCUT2D eigenvalue weighted by molar-refractivity contribution is 6.38. The topological polar surface area (TPSA) is 68.0 Å². The molecule has 2 aromatic carbocycles. The van der Waals surface area contributed by atoms with Crippen molar-refractivity contribution in [1.82, 2.24) is 9.97 Å². The molecule has 0 saturated carbocycles. The number of hydrogen-bond donors (Lipinski definition) is 1. The molecule has 5 aromatic rings. The van der Waals surface area contributed by atoms with Crippen LogP contribution in [0.15, 0.2) is 65.3 Å². The molecule has 0 aliphatic heterocycles. The molecule has 1 amide bonds. The van der Waals surface area contributed by atoms with Crippen molar-refractivity contribution in [3.8, 4) is 0 Å². The highest BCUT2D eigenvalue weighted by Crippen LogP contribution is 2.39. The van der Waals surface area contributed by atoms with Crippen molar-refractivity contribution >= 4 is 56.2 Å². The lowest BCUT2D eigenvalue weighted by atomic mass is 10.1. The van der Waals surface area contributed by atoms with Gasteiger partial charge in [0.1, 0.15) is 0 Å². The zero-order valence-corrected chi connectivity index (χ0v) is 16.3. The maximum Gasteiger partial charge on any atom is 0.416 e. The molecule has 0 radical (unpaired) electrons. The number of aromatic nitrogens is 2. The molecule has 0 aliphatic rings. The van der Waals surface area contributed by atoms with Crippen molar-refractivity contribution in [2.75, 3.05) is 5.32 Å². The second-order valence-electron chi connectivity index (χ2n) is 6.84. The number of anilines is 1. The minimum atomic E-state index is -4.55. The van der Waals surface area contributed by atoms with Gasteiger partial charge < -0.3 is 9.73 Å². The molecule has 1 N–H and O–H groups in total. The zero-order valence-electron chi connectivity index (χ0n) is 15.5. The van der Waals surface area contributed by atoms with Crippen LogP contribution in [-0.4, -0.2) is 15.9 Å². The standard InChI is InChI=1S/C22H11ClF3N3O2/c23-15-4-5-17(28-20(30)11-2-1-3-13(8-11)22(24,25)26)19-18(15)14-9-12-10-27-7-6-16(12)29-21(14)31-19/h1-10H,(H,28,30). The molecule has 9 heteroatoms. The fourth-order valence-electron chi connectivity index (χ4n) is 3.40. The maximum absolute atomic E-state index is 13.0. The van der Waals surface area contributed by atoms with Gasteiger partial charge in [-0.3, -0.25) is 9.78 Å². The summed E-state index contributed by atoms with van der Waals surface area (Å²) >= 11 is 6.38. The summed E-state index contributed by atoms with van der Waals surface area (Å²) in [5.41, 5.74) is 0.489. The Morgan fingerprint density at radius 1 is 1.10 bits per heavy atom. The first-order chi connectivity index (χ1) is 14.8. The van der Waals surface area contributed by atoms with E-state index >= 15 is 0 Å². The van der Waals surface area contributed by atoms with Crippen molar-refractivity contribution in [2.24, 2.45) is 0 Å². The Labute approximate surface area is 177 Å². The molecular weight excluding hydrogens is 431 g/mol. The summed E-state index contributed by atoms with van der Waals surface area (Å²) in [7, 11) is 0. The van der Waals surface area contributed by atoms with Gasteiger partial charge in [0, 0.05) is 23.3 Å². The lowest BCUT2D eigenvalue weighted by Gasteiger charge is -2.10. The zero-order chi connectivity index (χ0) is 21.8. The molecule has 0 unspecified atom stereocenters. The maximum atomic E-state index is 13.0. The first kappa shape index (κ1) is 19.3. The number of carbonyl (C=O) groups excluding carboxylic acids is 1. The Morgan fingerprint density at radius 3 is 2.74 bits per heavy atom. The van der Waals surface area contributed by atoms with E-state index in [2.05, 4.69) is 15.3 Å². The molecule has 154 valence electrons. The molecule has 0 aliphatic carbocycles. The van der Waals surface area contributed by atoms with E-state index in [9.17, 15) is 18.0 Å². The molecule has 0 atom stereocenters. The van der Waals surface area contributed by atoms with Crippen LogP contribution in [0.3, 0.4) is 0 Å². The molecule has 0 spiro atoms. The third-order valence-electron chi connectivity index (χ3n) is 4.86. The van der Waals surface area contributed by atoms with Gasteiger partial charge in [-0.1, -0.05) is 17.7 Å². The molecule has 3 heterocycles. The van der Waals surface area contributed by atoms with Gasteiger partial charge in [-0.25, -0.2) is 4.98 Å². The van der Waals surface area contributed by atoms with Crippen LogP contribution in [0.5, 0.6) is 0 Å². The van der Waals surface area contributed by atoms with Crippen LogP contribution in [0.2, 0.25) is 5.02 Å². The van der Waals surface area contributed by atoms with Crippen molar-refractivity contribution in [3.05, 3.63) is 77.1 Å². The number of nitrogens with zero attached hydrogens (tertiary/aromatic N) is 2. The van der Waals surface area contributed by atoms with Crippen LogP contribution in [-0.2, 0) is 6.18 Å². The summed E-state index contributed by atoms with van der Waals surface area (Å²) in [5, 5.41) is 4.95. The lowest BCUT2D eigenvalue weighted by Crippen LogP contribution is -2.14. The van der Waals surface area contributed by atoms with Crippen LogP contribution in [0.4, 0.5) is 18.9 Å². The van der Waals surface area contributed by atoms with Gasteiger partial charge in [-0.2, -0.15) is 13.2 Å². The van der Waals surface area contributed by atoms with E-state index < -0.39 is 17.6 Å². The minimum absolute atomic E-state index is 0.135. The summed E-state index contributed by atoms with van der Waals surface area (Å²) < 4.78 is 44.8. The number of benzene rings is 2. The van der Waals surface area contributed by atoms with Gasteiger partial charge in [0.2, 0.25) is 5.71 Å². The minimum Gasteiger partial charge on any atom is -0.435 e. The number of carbonyl (C=O) groups is 1. The van der Waals surface area contributed by atoms with Gasteiger partial charge in [-0.15, -0.1) is 0 Å². The second-order valence-corrected chi connectivity index (χ2v) is 7.25. The number of rotatable bonds is 2. The Balaban J connectivity index is 1.61. The molecule has 31 heavy (non-hydrogen) atoms. The van der Waals surface area contributed by atoms with Gasteiger partial charge in [-0.05, 0) is 42.5 Å².